The molecule has 0 unspecified atom stereocenters. The van der Waals surface area contributed by atoms with Crippen molar-refractivity contribution in [3.8, 4) is 0 Å². The number of aryl methyl sites for hydroxylation is 1. The van der Waals surface area contributed by atoms with E-state index in [1.807, 2.05) is 45.0 Å². The number of nitrogens with zero attached hydrogens (tertiary/aromatic N) is 2. The highest BCUT2D eigenvalue weighted by molar-refractivity contribution is 7.92. The van der Waals surface area contributed by atoms with Crippen LogP contribution in [0.4, 0.5) is 5.69 Å². The van der Waals surface area contributed by atoms with Gasteiger partial charge in [-0.2, -0.15) is 0 Å². The molecule has 9 heteroatoms. The van der Waals surface area contributed by atoms with Crippen LogP contribution in [0.5, 0.6) is 0 Å². The van der Waals surface area contributed by atoms with Gasteiger partial charge in [-0.3, -0.25) is 13.9 Å². The minimum atomic E-state index is -3.77. The number of carbonyl (C=O) groups is 2. The molecule has 2 aromatic carbocycles. The van der Waals surface area contributed by atoms with Gasteiger partial charge in [-0.1, -0.05) is 56.1 Å². The molecule has 0 fully saturated rings. The van der Waals surface area contributed by atoms with Crippen molar-refractivity contribution in [3.63, 3.8) is 0 Å². The second kappa shape index (κ2) is 12.8. The molecule has 2 aromatic rings. The van der Waals surface area contributed by atoms with Gasteiger partial charge in [0.15, 0.2) is 0 Å². The van der Waals surface area contributed by atoms with Crippen LogP contribution in [0.3, 0.4) is 0 Å². The molecule has 0 aliphatic heterocycles. The zero-order valence-electron chi connectivity index (χ0n) is 20.3. The average molecular weight is 508 g/mol. The lowest BCUT2D eigenvalue weighted by atomic mass is 10.1. The van der Waals surface area contributed by atoms with Crippen LogP contribution >= 0.6 is 11.6 Å². The lowest BCUT2D eigenvalue weighted by Crippen LogP contribution is -2.52. The quantitative estimate of drug-likeness (QED) is 0.437. The Morgan fingerprint density at radius 2 is 1.71 bits per heavy atom. The van der Waals surface area contributed by atoms with Crippen LogP contribution in [-0.2, 0) is 26.2 Å². The molecule has 1 atom stereocenters. The molecule has 0 heterocycles. The Morgan fingerprint density at radius 3 is 2.26 bits per heavy atom. The van der Waals surface area contributed by atoms with Crippen LogP contribution in [-0.4, -0.2) is 50.5 Å². The zero-order valence-corrected chi connectivity index (χ0v) is 21.8. The zero-order chi connectivity index (χ0) is 25.3. The average Bonchev–Trinajstić information content (AvgIpc) is 2.78. The molecule has 2 amide bonds. The van der Waals surface area contributed by atoms with Crippen LogP contribution in [0, 0.1) is 6.92 Å². The van der Waals surface area contributed by atoms with E-state index in [0.29, 0.717) is 23.7 Å². The molecule has 34 heavy (non-hydrogen) atoms. The minimum absolute atomic E-state index is 0.198. The van der Waals surface area contributed by atoms with Crippen LogP contribution < -0.4 is 9.62 Å². The minimum Gasteiger partial charge on any atom is -0.354 e. The maximum Gasteiger partial charge on any atom is 0.244 e. The van der Waals surface area contributed by atoms with Gasteiger partial charge in [0.2, 0.25) is 21.8 Å². The summed E-state index contributed by atoms with van der Waals surface area (Å²) in [7, 11) is -3.77. The van der Waals surface area contributed by atoms with Crippen molar-refractivity contribution >= 4 is 39.1 Å². The molecule has 0 radical (unpaired) electrons. The fourth-order valence-electron chi connectivity index (χ4n) is 3.62. The number of rotatable bonds is 12. The maximum absolute atomic E-state index is 13.6. The third-order valence-electron chi connectivity index (χ3n) is 5.61. The summed E-state index contributed by atoms with van der Waals surface area (Å²) in [5.74, 6) is -0.698. The van der Waals surface area contributed by atoms with Crippen LogP contribution in [0.15, 0.2) is 48.5 Å². The Kier molecular flexibility index (Phi) is 10.4. The third kappa shape index (κ3) is 7.74. The SMILES string of the molecule is CCCCNC(=O)[C@@H](CC)N(Cc1ccccc1C)C(=O)CN(c1ccc(Cl)cc1)S(C)(=O)=O. The van der Waals surface area contributed by atoms with E-state index in [-0.39, 0.29) is 12.5 Å². The highest BCUT2D eigenvalue weighted by Gasteiger charge is 2.31. The monoisotopic (exact) mass is 507 g/mol. The predicted molar refractivity (Wildman–Crippen MR) is 137 cm³/mol. The summed E-state index contributed by atoms with van der Waals surface area (Å²) in [6.07, 6.45) is 3.23. The number of anilines is 1. The molecule has 2 rings (SSSR count). The van der Waals surface area contributed by atoms with Crippen molar-refractivity contribution in [2.75, 3.05) is 23.7 Å². The molecular weight excluding hydrogens is 474 g/mol. The summed E-state index contributed by atoms with van der Waals surface area (Å²) in [5.41, 5.74) is 2.21. The first kappa shape index (κ1) is 27.7. The number of unbranched alkanes of at least 4 members (excludes halogenated alkanes) is 1. The Morgan fingerprint density at radius 1 is 1.06 bits per heavy atom. The van der Waals surface area contributed by atoms with Gasteiger partial charge in [0.1, 0.15) is 12.6 Å². The van der Waals surface area contributed by atoms with E-state index in [0.717, 1.165) is 34.5 Å². The molecule has 0 saturated heterocycles. The molecule has 7 nitrogen and oxygen atoms in total. The Labute approximate surface area is 208 Å². The van der Waals surface area contributed by atoms with E-state index in [2.05, 4.69) is 5.32 Å². The number of hydrogen-bond donors (Lipinski definition) is 1. The van der Waals surface area contributed by atoms with Gasteiger partial charge in [0, 0.05) is 18.1 Å². The van der Waals surface area contributed by atoms with E-state index >= 15 is 0 Å². The molecule has 0 aliphatic rings. The molecular formula is C25H34ClN3O4S. The van der Waals surface area contributed by atoms with Crippen molar-refractivity contribution < 1.29 is 18.0 Å². The normalized spacial score (nSPS) is 12.1. The molecule has 0 aromatic heterocycles. The highest BCUT2D eigenvalue weighted by Crippen LogP contribution is 2.22. The third-order valence-corrected chi connectivity index (χ3v) is 7.00. The number of benzene rings is 2. The van der Waals surface area contributed by atoms with E-state index in [1.54, 1.807) is 24.3 Å². The maximum atomic E-state index is 13.6. The van der Waals surface area contributed by atoms with Crippen LogP contribution in [0.2, 0.25) is 5.02 Å². The Bertz CT molecular complexity index is 1070. The van der Waals surface area contributed by atoms with Crippen molar-refractivity contribution in [2.24, 2.45) is 0 Å². The number of hydrogen-bond acceptors (Lipinski definition) is 4. The van der Waals surface area contributed by atoms with Gasteiger partial charge in [0.25, 0.3) is 0 Å². The lowest BCUT2D eigenvalue weighted by molar-refractivity contribution is -0.140. The van der Waals surface area contributed by atoms with Crippen LogP contribution in [0.25, 0.3) is 0 Å². The fraction of sp³-hybridized carbons (Fsp3) is 0.440. The number of carbonyl (C=O) groups excluding carboxylic acids is 2. The van der Waals surface area contributed by atoms with Gasteiger partial charge in [-0.15, -0.1) is 0 Å². The smallest absolute Gasteiger partial charge is 0.244 e. The first-order valence-corrected chi connectivity index (χ1v) is 13.7. The molecule has 0 bridgehead atoms. The summed E-state index contributed by atoms with van der Waals surface area (Å²) in [4.78, 5) is 28.1. The summed E-state index contributed by atoms with van der Waals surface area (Å²) < 4.78 is 26.2. The summed E-state index contributed by atoms with van der Waals surface area (Å²) in [5, 5.41) is 3.37. The second-order valence-corrected chi connectivity index (χ2v) is 10.6. The topological polar surface area (TPSA) is 86.8 Å². The first-order chi connectivity index (χ1) is 16.1. The second-order valence-electron chi connectivity index (χ2n) is 8.26. The number of halogens is 1. The van der Waals surface area contributed by atoms with E-state index in [1.165, 1.54) is 4.90 Å². The van der Waals surface area contributed by atoms with Gasteiger partial charge < -0.3 is 10.2 Å². The summed E-state index contributed by atoms with van der Waals surface area (Å²) >= 11 is 5.95. The van der Waals surface area contributed by atoms with Crippen molar-refractivity contribution in [3.05, 3.63) is 64.7 Å². The number of nitrogens with one attached hydrogen (secondary N) is 1. The largest absolute Gasteiger partial charge is 0.354 e. The van der Waals surface area contributed by atoms with Gasteiger partial charge in [-0.05, 0) is 55.2 Å². The van der Waals surface area contributed by atoms with E-state index in [4.69, 9.17) is 11.6 Å². The molecule has 0 saturated carbocycles. The van der Waals surface area contributed by atoms with E-state index < -0.39 is 28.5 Å². The van der Waals surface area contributed by atoms with E-state index in [9.17, 15) is 18.0 Å². The first-order valence-electron chi connectivity index (χ1n) is 11.4. The van der Waals surface area contributed by atoms with Crippen molar-refractivity contribution in [1.82, 2.24) is 10.2 Å². The van der Waals surface area contributed by atoms with Crippen molar-refractivity contribution in [2.45, 2.75) is 52.6 Å². The standard InChI is InChI=1S/C25H34ClN3O4S/c1-5-7-16-27-25(31)23(6-2)28(17-20-11-9-8-10-19(20)3)24(30)18-29(34(4,32)33)22-14-12-21(26)13-15-22/h8-15,23H,5-7,16-18H2,1-4H3,(H,27,31)/t23-/m1/s1. The number of sulfonamides is 1. The van der Waals surface area contributed by atoms with Gasteiger partial charge in [-0.25, -0.2) is 8.42 Å². The number of amides is 2. The Balaban J connectivity index is 2.40. The van der Waals surface area contributed by atoms with Crippen molar-refractivity contribution in [1.29, 1.82) is 0 Å². The predicted octanol–water partition coefficient (Wildman–Crippen LogP) is 4.14. The summed E-state index contributed by atoms with van der Waals surface area (Å²) in [6.45, 7) is 6.12. The molecule has 1 N–H and O–H groups in total. The van der Waals surface area contributed by atoms with Crippen LogP contribution in [0.1, 0.15) is 44.2 Å². The summed E-state index contributed by atoms with van der Waals surface area (Å²) in [6, 6.07) is 13.2. The van der Waals surface area contributed by atoms with Gasteiger partial charge >= 0.3 is 0 Å². The molecule has 0 aliphatic carbocycles. The highest BCUT2D eigenvalue weighted by atomic mass is 35.5. The lowest BCUT2D eigenvalue weighted by Gasteiger charge is -2.33. The molecule has 0 spiro atoms. The fourth-order valence-corrected chi connectivity index (χ4v) is 4.59. The molecule has 186 valence electrons. The van der Waals surface area contributed by atoms with Gasteiger partial charge in [0.05, 0.1) is 11.9 Å². The Hall–Kier alpha value is -2.58.